The number of nitrogens with zero attached hydrogens (tertiary/aromatic N) is 1. The van der Waals surface area contributed by atoms with E-state index in [1.54, 1.807) is 0 Å². The van der Waals surface area contributed by atoms with Crippen LogP contribution in [-0.2, 0) is 22.7 Å². The molecule has 0 radical (unpaired) electrons. The number of benzene rings is 2. The van der Waals surface area contributed by atoms with Crippen LogP contribution in [0.15, 0.2) is 65.8 Å². The molecule has 5 N–H and O–H groups in total. The van der Waals surface area contributed by atoms with Crippen molar-refractivity contribution in [1.29, 1.82) is 0 Å². The van der Waals surface area contributed by atoms with Gasteiger partial charge < -0.3 is 15.2 Å². The van der Waals surface area contributed by atoms with Gasteiger partial charge in [-0.25, -0.2) is 20.4 Å². The van der Waals surface area contributed by atoms with E-state index in [1.807, 2.05) is 60.7 Å². The maximum absolute atomic E-state index is 11.5. The number of hydrazine groups is 1. The zero-order valence-corrected chi connectivity index (χ0v) is 13.8. The highest BCUT2D eigenvalue weighted by molar-refractivity contribution is 5.81. The van der Waals surface area contributed by atoms with Crippen LogP contribution in [0.1, 0.15) is 11.1 Å². The number of carbonyl (C=O) groups is 2. The Hall–Kier alpha value is -3.75. The highest BCUT2D eigenvalue weighted by atomic mass is 16.6. The van der Waals surface area contributed by atoms with Crippen molar-refractivity contribution in [3.05, 3.63) is 71.8 Å². The van der Waals surface area contributed by atoms with E-state index in [-0.39, 0.29) is 19.2 Å². The van der Waals surface area contributed by atoms with E-state index in [0.717, 1.165) is 11.1 Å². The van der Waals surface area contributed by atoms with E-state index in [1.165, 1.54) is 0 Å². The molecule has 0 bridgehead atoms. The van der Waals surface area contributed by atoms with Crippen molar-refractivity contribution in [1.82, 2.24) is 16.3 Å². The molecule has 2 aromatic rings. The Kier molecular flexibility index (Phi) is 7.28. The van der Waals surface area contributed by atoms with Gasteiger partial charge in [-0.2, -0.15) is 0 Å². The number of amides is 2. The second-order valence-corrected chi connectivity index (χ2v) is 4.98. The molecule has 136 valence electrons. The Morgan fingerprint density at radius 3 is 1.85 bits per heavy atom. The minimum atomic E-state index is -0.787. The summed E-state index contributed by atoms with van der Waals surface area (Å²) in [5.74, 6) is -0.252. The third kappa shape index (κ3) is 7.21. The maximum Gasteiger partial charge on any atom is 0.428 e. The van der Waals surface area contributed by atoms with Crippen molar-refractivity contribution in [3.63, 3.8) is 0 Å². The van der Waals surface area contributed by atoms with Crippen LogP contribution in [0.2, 0.25) is 0 Å². The van der Waals surface area contributed by atoms with Gasteiger partial charge in [0.2, 0.25) is 5.96 Å². The summed E-state index contributed by atoms with van der Waals surface area (Å²) in [6.45, 7) is 0.203. The largest absolute Gasteiger partial charge is 0.443 e. The fourth-order valence-electron chi connectivity index (χ4n) is 1.76. The number of ether oxygens (including phenoxy) is 2. The summed E-state index contributed by atoms with van der Waals surface area (Å²) in [4.78, 5) is 23.0. The molecule has 2 rings (SSSR count). The van der Waals surface area contributed by atoms with E-state index < -0.39 is 12.2 Å². The van der Waals surface area contributed by atoms with E-state index in [9.17, 15) is 9.59 Å². The molecule has 0 fully saturated rings. The number of rotatable bonds is 5. The van der Waals surface area contributed by atoms with E-state index in [4.69, 9.17) is 15.2 Å². The highest BCUT2D eigenvalue weighted by Gasteiger charge is 2.04. The van der Waals surface area contributed by atoms with Crippen molar-refractivity contribution in [2.45, 2.75) is 13.2 Å². The Bertz CT molecular complexity index is 737. The number of nitrogens with one attached hydrogen (secondary N) is 3. The lowest BCUT2D eigenvalue weighted by atomic mass is 10.2. The first-order valence-corrected chi connectivity index (χ1v) is 7.66. The zero-order chi connectivity index (χ0) is 18.6. The average molecular weight is 357 g/mol. The van der Waals surface area contributed by atoms with Gasteiger partial charge in [-0.1, -0.05) is 60.7 Å². The number of guanidine groups is 1. The maximum atomic E-state index is 11.5. The molecule has 0 unspecified atom stereocenters. The molecule has 0 spiro atoms. The lowest BCUT2D eigenvalue weighted by molar-refractivity contribution is 0.137. The number of nitrogens with two attached hydrogens (primary N) is 1. The molecule has 0 saturated carbocycles. The summed E-state index contributed by atoms with van der Waals surface area (Å²) in [5, 5.41) is 3.52. The van der Waals surface area contributed by atoms with Crippen LogP contribution in [0.3, 0.4) is 0 Å². The van der Waals surface area contributed by atoms with Crippen molar-refractivity contribution in [2.24, 2.45) is 10.8 Å². The van der Waals surface area contributed by atoms with Crippen LogP contribution in [0.25, 0.3) is 0 Å². The molecular weight excluding hydrogens is 338 g/mol. The van der Waals surface area contributed by atoms with Gasteiger partial charge in [0, 0.05) is 0 Å². The fraction of sp³-hybridized carbons (Fsp3) is 0.118. The standard InChI is InChI=1S/C17H19N5O4/c18-15(19-21-16(23)25-11-13-7-3-1-4-8-13)20-22-17(24)26-12-14-9-5-2-6-10-14/h1-10H,11-12H2,(H,21,23)(H,22,24)(H3,18,19,20). The third-order valence-corrected chi connectivity index (χ3v) is 2.99. The van der Waals surface area contributed by atoms with Gasteiger partial charge >= 0.3 is 12.2 Å². The lowest BCUT2D eigenvalue weighted by Gasteiger charge is -2.09. The Morgan fingerprint density at radius 2 is 1.31 bits per heavy atom. The van der Waals surface area contributed by atoms with Gasteiger partial charge in [0.05, 0.1) is 0 Å². The zero-order valence-electron chi connectivity index (χ0n) is 13.8. The molecule has 0 aliphatic rings. The Balaban J connectivity index is 1.62. The summed E-state index contributed by atoms with van der Waals surface area (Å²) in [5.41, 5.74) is 13.7. The topological polar surface area (TPSA) is 127 Å². The number of hydrogen-bond acceptors (Lipinski definition) is 5. The smallest absolute Gasteiger partial charge is 0.428 e. The van der Waals surface area contributed by atoms with Crippen LogP contribution in [0.4, 0.5) is 9.59 Å². The van der Waals surface area contributed by atoms with Gasteiger partial charge in [0.15, 0.2) is 0 Å². The van der Waals surface area contributed by atoms with Gasteiger partial charge in [-0.15, -0.1) is 5.10 Å². The van der Waals surface area contributed by atoms with Crippen molar-refractivity contribution >= 4 is 18.1 Å². The van der Waals surface area contributed by atoms with Gasteiger partial charge in [-0.3, -0.25) is 5.43 Å². The molecule has 2 aromatic carbocycles. The Labute approximate surface area is 150 Å². The van der Waals surface area contributed by atoms with Crippen molar-refractivity contribution in [2.75, 3.05) is 0 Å². The first-order chi connectivity index (χ1) is 12.6. The van der Waals surface area contributed by atoms with Gasteiger partial charge in [0.1, 0.15) is 13.2 Å². The Morgan fingerprint density at radius 1 is 0.808 bits per heavy atom. The number of hydrogen-bond donors (Lipinski definition) is 4. The first-order valence-electron chi connectivity index (χ1n) is 7.66. The molecule has 26 heavy (non-hydrogen) atoms. The summed E-state index contributed by atoms with van der Waals surface area (Å²) in [7, 11) is 0. The van der Waals surface area contributed by atoms with E-state index in [0.29, 0.717) is 0 Å². The minimum absolute atomic E-state index is 0.0968. The highest BCUT2D eigenvalue weighted by Crippen LogP contribution is 2.01. The minimum Gasteiger partial charge on any atom is -0.443 e. The van der Waals surface area contributed by atoms with Crippen LogP contribution < -0.4 is 22.0 Å². The quantitative estimate of drug-likeness (QED) is 0.365. The predicted octanol–water partition coefficient (Wildman–Crippen LogP) is 1.57. The molecule has 0 heterocycles. The SMILES string of the molecule is N/C(=N/NC(=O)OCc1ccccc1)NNC(=O)OCc1ccccc1. The van der Waals surface area contributed by atoms with Gasteiger partial charge in [-0.05, 0) is 11.1 Å². The number of hydrazone groups is 1. The number of carbonyl (C=O) groups excluding carboxylic acids is 2. The molecule has 9 nitrogen and oxygen atoms in total. The molecule has 0 aliphatic heterocycles. The van der Waals surface area contributed by atoms with Crippen molar-refractivity contribution in [3.8, 4) is 0 Å². The van der Waals surface area contributed by atoms with Crippen molar-refractivity contribution < 1.29 is 19.1 Å². The van der Waals surface area contributed by atoms with Crippen LogP contribution in [-0.4, -0.2) is 18.1 Å². The monoisotopic (exact) mass is 357 g/mol. The molecule has 0 aromatic heterocycles. The predicted molar refractivity (Wildman–Crippen MR) is 94.3 cm³/mol. The van der Waals surface area contributed by atoms with Crippen LogP contribution >= 0.6 is 0 Å². The van der Waals surface area contributed by atoms with Crippen LogP contribution in [0.5, 0.6) is 0 Å². The molecule has 0 aliphatic carbocycles. The second-order valence-electron chi connectivity index (χ2n) is 4.98. The van der Waals surface area contributed by atoms with E-state index >= 15 is 0 Å². The van der Waals surface area contributed by atoms with E-state index in [2.05, 4.69) is 21.4 Å². The molecule has 2 amide bonds. The summed E-state index contributed by atoms with van der Waals surface area (Å²) < 4.78 is 9.90. The first kappa shape index (κ1) is 18.6. The average Bonchev–Trinajstić information content (AvgIpc) is 2.69. The summed E-state index contributed by atoms with van der Waals surface area (Å²) in [6.07, 6.45) is -1.54. The van der Waals surface area contributed by atoms with Gasteiger partial charge in [0.25, 0.3) is 0 Å². The molecule has 0 atom stereocenters. The normalized spacial score (nSPS) is 10.5. The molecular formula is C17H19N5O4. The lowest BCUT2D eigenvalue weighted by Crippen LogP contribution is -2.46. The second kappa shape index (κ2) is 10.2. The van der Waals surface area contributed by atoms with Crippen LogP contribution in [0, 0.1) is 0 Å². The molecule has 0 saturated heterocycles. The summed E-state index contributed by atoms with van der Waals surface area (Å²) >= 11 is 0. The molecule has 9 heteroatoms. The fourth-order valence-corrected chi connectivity index (χ4v) is 1.76. The third-order valence-electron chi connectivity index (χ3n) is 2.99. The summed E-state index contributed by atoms with van der Waals surface area (Å²) in [6, 6.07) is 18.3.